The van der Waals surface area contributed by atoms with E-state index in [1.807, 2.05) is 55.6 Å². The van der Waals surface area contributed by atoms with Crippen LogP contribution in [0.25, 0.3) is 0 Å². The highest BCUT2D eigenvalue weighted by atomic mass is 79.9. The van der Waals surface area contributed by atoms with Crippen molar-refractivity contribution in [3.63, 3.8) is 0 Å². The van der Waals surface area contributed by atoms with Gasteiger partial charge in [-0.05, 0) is 36.4 Å². The number of para-hydroxylation sites is 1. The van der Waals surface area contributed by atoms with E-state index in [0.29, 0.717) is 6.67 Å². The van der Waals surface area contributed by atoms with Crippen LogP contribution in [-0.4, -0.2) is 24.5 Å². The molecule has 2 aromatic rings. The van der Waals surface area contributed by atoms with Gasteiger partial charge in [-0.1, -0.05) is 28.1 Å². The minimum absolute atomic E-state index is 0.0731. The Morgan fingerprint density at radius 1 is 1.05 bits per heavy atom. The fraction of sp³-hybridized carbons (Fsp3) is 0.133. The molecule has 0 radical (unpaired) electrons. The monoisotopic (exact) mass is 316 g/mol. The lowest BCUT2D eigenvalue weighted by atomic mass is 10.1. The van der Waals surface area contributed by atoms with Crippen LogP contribution >= 0.6 is 15.9 Å². The van der Waals surface area contributed by atoms with Crippen molar-refractivity contribution in [3.8, 4) is 0 Å². The van der Waals surface area contributed by atoms with E-state index in [2.05, 4.69) is 20.8 Å². The molecule has 3 nitrogen and oxygen atoms in total. The van der Waals surface area contributed by atoms with Crippen LogP contribution in [0.5, 0.6) is 0 Å². The van der Waals surface area contributed by atoms with Crippen molar-refractivity contribution >= 4 is 33.2 Å². The summed E-state index contributed by atoms with van der Waals surface area (Å²) in [4.78, 5) is 16.0. The summed E-state index contributed by atoms with van der Waals surface area (Å²) < 4.78 is 1.05. The fourth-order valence-corrected chi connectivity index (χ4v) is 2.55. The SMILES string of the molecule is CN1CN(c2ccc(Br)cc2)c2ccccc2C1=O. The smallest absolute Gasteiger partial charge is 0.257 e. The zero-order chi connectivity index (χ0) is 13.4. The van der Waals surface area contributed by atoms with Gasteiger partial charge in [0, 0.05) is 17.2 Å². The molecular formula is C15H13BrN2O. The highest BCUT2D eigenvalue weighted by molar-refractivity contribution is 9.10. The van der Waals surface area contributed by atoms with Gasteiger partial charge in [-0.25, -0.2) is 0 Å². The zero-order valence-corrected chi connectivity index (χ0v) is 12.1. The Hall–Kier alpha value is -1.81. The number of hydrogen-bond acceptors (Lipinski definition) is 2. The molecule has 1 aliphatic rings. The maximum Gasteiger partial charge on any atom is 0.257 e. The molecule has 0 N–H and O–H groups in total. The lowest BCUT2D eigenvalue weighted by Crippen LogP contribution is -2.42. The molecule has 96 valence electrons. The number of nitrogens with zero attached hydrogens (tertiary/aromatic N) is 2. The second kappa shape index (κ2) is 4.70. The number of carbonyl (C=O) groups excluding carboxylic acids is 1. The molecular weight excluding hydrogens is 304 g/mol. The average Bonchev–Trinajstić information content (AvgIpc) is 2.44. The largest absolute Gasteiger partial charge is 0.324 e. The number of carbonyl (C=O) groups is 1. The Bertz CT molecular complexity index is 624. The van der Waals surface area contributed by atoms with Crippen LogP contribution in [0.3, 0.4) is 0 Å². The molecule has 0 bridgehead atoms. The van der Waals surface area contributed by atoms with Gasteiger partial charge in [0.05, 0.1) is 17.9 Å². The van der Waals surface area contributed by atoms with E-state index >= 15 is 0 Å². The van der Waals surface area contributed by atoms with E-state index < -0.39 is 0 Å². The summed E-state index contributed by atoms with van der Waals surface area (Å²) in [6, 6.07) is 15.8. The zero-order valence-electron chi connectivity index (χ0n) is 10.5. The summed E-state index contributed by atoms with van der Waals surface area (Å²) in [6.45, 7) is 0.567. The molecule has 1 aliphatic heterocycles. The standard InChI is InChI=1S/C15H13BrN2O/c1-17-10-18(12-8-6-11(16)7-9-12)14-5-3-2-4-13(14)15(17)19/h2-9H,10H2,1H3. The van der Waals surface area contributed by atoms with Crippen LogP contribution in [0, 0.1) is 0 Å². The van der Waals surface area contributed by atoms with Crippen LogP contribution < -0.4 is 4.90 Å². The van der Waals surface area contributed by atoms with Crippen molar-refractivity contribution in [1.82, 2.24) is 4.90 Å². The predicted molar refractivity (Wildman–Crippen MR) is 79.7 cm³/mol. The average molecular weight is 317 g/mol. The first-order valence-corrected chi connectivity index (χ1v) is 6.84. The normalized spacial score (nSPS) is 14.5. The number of hydrogen-bond donors (Lipinski definition) is 0. The Kier molecular flexibility index (Phi) is 3.03. The van der Waals surface area contributed by atoms with Crippen LogP contribution in [-0.2, 0) is 0 Å². The molecule has 1 heterocycles. The maximum atomic E-state index is 12.1. The number of amides is 1. The highest BCUT2D eigenvalue weighted by Gasteiger charge is 2.27. The van der Waals surface area contributed by atoms with Crippen molar-refractivity contribution in [1.29, 1.82) is 0 Å². The van der Waals surface area contributed by atoms with Crippen LogP contribution in [0.2, 0.25) is 0 Å². The van der Waals surface area contributed by atoms with Gasteiger partial charge >= 0.3 is 0 Å². The number of rotatable bonds is 1. The molecule has 4 heteroatoms. The van der Waals surface area contributed by atoms with Crippen molar-refractivity contribution in [2.24, 2.45) is 0 Å². The lowest BCUT2D eigenvalue weighted by Gasteiger charge is -2.36. The van der Waals surface area contributed by atoms with Crippen LogP contribution in [0.15, 0.2) is 53.0 Å². The summed E-state index contributed by atoms with van der Waals surface area (Å²) in [5, 5.41) is 0. The Labute approximate surface area is 120 Å². The molecule has 0 aliphatic carbocycles. The first kappa shape index (κ1) is 12.2. The van der Waals surface area contributed by atoms with E-state index in [0.717, 1.165) is 21.4 Å². The van der Waals surface area contributed by atoms with Crippen LogP contribution in [0.4, 0.5) is 11.4 Å². The fourth-order valence-electron chi connectivity index (χ4n) is 2.29. The van der Waals surface area contributed by atoms with Crippen LogP contribution in [0.1, 0.15) is 10.4 Å². The highest BCUT2D eigenvalue weighted by Crippen LogP contribution is 2.33. The molecule has 0 saturated carbocycles. The Morgan fingerprint density at radius 2 is 1.74 bits per heavy atom. The van der Waals surface area contributed by atoms with Crippen molar-refractivity contribution in [3.05, 3.63) is 58.6 Å². The summed E-state index contributed by atoms with van der Waals surface area (Å²) >= 11 is 3.44. The molecule has 0 unspecified atom stereocenters. The summed E-state index contributed by atoms with van der Waals surface area (Å²) in [5.41, 5.74) is 2.79. The van der Waals surface area contributed by atoms with E-state index in [-0.39, 0.29) is 5.91 Å². The topological polar surface area (TPSA) is 23.6 Å². The van der Waals surface area contributed by atoms with Gasteiger partial charge in [-0.2, -0.15) is 0 Å². The molecule has 1 amide bonds. The number of benzene rings is 2. The Morgan fingerprint density at radius 3 is 2.47 bits per heavy atom. The van der Waals surface area contributed by atoms with Crippen molar-refractivity contribution < 1.29 is 4.79 Å². The first-order valence-electron chi connectivity index (χ1n) is 6.04. The van der Waals surface area contributed by atoms with Gasteiger partial charge in [-0.15, -0.1) is 0 Å². The number of halogens is 1. The lowest BCUT2D eigenvalue weighted by molar-refractivity contribution is 0.0787. The van der Waals surface area contributed by atoms with Gasteiger partial charge in [0.15, 0.2) is 0 Å². The second-order valence-corrected chi connectivity index (χ2v) is 5.48. The van der Waals surface area contributed by atoms with Crippen molar-refractivity contribution in [2.45, 2.75) is 0 Å². The van der Waals surface area contributed by atoms with E-state index in [4.69, 9.17) is 0 Å². The predicted octanol–water partition coefficient (Wildman–Crippen LogP) is 3.63. The van der Waals surface area contributed by atoms with E-state index in [9.17, 15) is 4.79 Å². The molecule has 0 atom stereocenters. The molecule has 0 aromatic heterocycles. The molecule has 2 aromatic carbocycles. The molecule has 0 fully saturated rings. The Balaban J connectivity index is 2.10. The second-order valence-electron chi connectivity index (χ2n) is 4.57. The maximum absolute atomic E-state index is 12.1. The summed E-state index contributed by atoms with van der Waals surface area (Å²) in [5.74, 6) is 0.0731. The molecule has 3 rings (SSSR count). The third-order valence-electron chi connectivity index (χ3n) is 3.26. The minimum atomic E-state index is 0.0731. The third-order valence-corrected chi connectivity index (χ3v) is 3.79. The molecule has 0 saturated heterocycles. The van der Waals surface area contributed by atoms with Gasteiger partial charge in [0.1, 0.15) is 0 Å². The van der Waals surface area contributed by atoms with E-state index in [1.165, 1.54) is 0 Å². The number of anilines is 2. The minimum Gasteiger partial charge on any atom is -0.324 e. The quantitative estimate of drug-likeness (QED) is 0.802. The van der Waals surface area contributed by atoms with Crippen molar-refractivity contribution in [2.75, 3.05) is 18.6 Å². The third kappa shape index (κ3) is 2.12. The van der Waals surface area contributed by atoms with E-state index in [1.54, 1.807) is 4.90 Å². The summed E-state index contributed by atoms with van der Waals surface area (Å²) in [7, 11) is 1.82. The van der Waals surface area contributed by atoms with Gasteiger partial charge in [0.25, 0.3) is 5.91 Å². The molecule has 0 spiro atoms. The first-order chi connectivity index (χ1) is 9.16. The molecule has 19 heavy (non-hydrogen) atoms. The number of fused-ring (bicyclic) bond motifs is 1. The van der Waals surface area contributed by atoms with Gasteiger partial charge in [-0.3, -0.25) is 4.79 Å². The van der Waals surface area contributed by atoms with Gasteiger partial charge < -0.3 is 9.80 Å². The summed E-state index contributed by atoms with van der Waals surface area (Å²) in [6.07, 6.45) is 0. The van der Waals surface area contributed by atoms with Gasteiger partial charge in [0.2, 0.25) is 0 Å².